The fourth-order valence-electron chi connectivity index (χ4n) is 3.35. The molecule has 154 valence electrons. The van der Waals surface area contributed by atoms with Crippen molar-refractivity contribution in [2.24, 2.45) is 0 Å². The van der Waals surface area contributed by atoms with E-state index >= 15 is 0 Å². The first kappa shape index (κ1) is 21.1. The van der Waals surface area contributed by atoms with Gasteiger partial charge in [0.15, 0.2) is 0 Å². The SMILES string of the molecule is COc1ccccc1/C=C/C(=O)Nc1ccc(C)c(S(=O)(=O)N2CCCCC2)c1. The maximum Gasteiger partial charge on any atom is 0.248 e. The second kappa shape index (κ2) is 9.24. The van der Waals surface area contributed by atoms with Gasteiger partial charge in [0.1, 0.15) is 5.75 Å². The molecule has 0 radical (unpaired) electrons. The Morgan fingerprint density at radius 2 is 1.83 bits per heavy atom. The number of aryl methyl sites for hydroxylation is 1. The standard InChI is InChI=1S/C22H26N2O4S/c1-17-10-12-19(16-21(17)29(26,27)24-14-6-3-7-15-24)23-22(25)13-11-18-8-4-5-9-20(18)28-2/h4-5,8-13,16H,3,6-7,14-15H2,1-2H3,(H,23,25)/b13-11+. The summed E-state index contributed by atoms with van der Waals surface area (Å²) in [5, 5.41) is 2.74. The molecule has 7 heteroatoms. The number of carbonyl (C=O) groups is 1. The number of para-hydroxylation sites is 1. The van der Waals surface area contributed by atoms with Crippen LogP contribution in [0.1, 0.15) is 30.4 Å². The van der Waals surface area contributed by atoms with E-state index in [0.29, 0.717) is 30.1 Å². The molecule has 0 atom stereocenters. The summed E-state index contributed by atoms with van der Waals surface area (Å²) in [6.07, 6.45) is 5.87. The normalized spacial score (nSPS) is 15.4. The Balaban J connectivity index is 1.77. The summed E-state index contributed by atoms with van der Waals surface area (Å²) in [7, 11) is -2.00. The summed E-state index contributed by atoms with van der Waals surface area (Å²) in [5.41, 5.74) is 1.89. The summed E-state index contributed by atoms with van der Waals surface area (Å²) in [4.78, 5) is 12.6. The molecule has 1 heterocycles. The molecule has 3 rings (SSSR count). The van der Waals surface area contributed by atoms with E-state index in [2.05, 4.69) is 5.32 Å². The van der Waals surface area contributed by atoms with Gasteiger partial charge < -0.3 is 10.1 Å². The number of nitrogens with zero attached hydrogens (tertiary/aromatic N) is 1. The topological polar surface area (TPSA) is 75.7 Å². The Bertz CT molecular complexity index is 1010. The van der Waals surface area contributed by atoms with Crippen molar-refractivity contribution in [2.75, 3.05) is 25.5 Å². The van der Waals surface area contributed by atoms with E-state index < -0.39 is 10.0 Å². The molecular formula is C22H26N2O4S. The fourth-order valence-corrected chi connectivity index (χ4v) is 5.12. The highest BCUT2D eigenvalue weighted by molar-refractivity contribution is 7.89. The molecule has 1 aliphatic rings. The molecule has 0 bridgehead atoms. The zero-order valence-electron chi connectivity index (χ0n) is 16.7. The van der Waals surface area contributed by atoms with Gasteiger partial charge in [-0.05, 0) is 49.6 Å². The Morgan fingerprint density at radius 1 is 1.10 bits per heavy atom. The molecule has 0 saturated carbocycles. The van der Waals surface area contributed by atoms with Crippen molar-refractivity contribution in [1.82, 2.24) is 4.31 Å². The molecular weight excluding hydrogens is 388 g/mol. The first-order valence-electron chi connectivity index (χ1n) is 9.65. The van der Waals surface area contributed by atoms with Gasteiger partial charge in [-0.2, -0.15) is 4.31 Å². The number of piperidine rings is 1. The number of ether oxygens (including phenoxy) is 1. The molecule has 0 spiro atoms. The third-order valence-electron chi connectivity index (χ3n) is 4.94. The van der Waals surface area contributed by atoms with Crippen molar-refractivity contribution < 1.29 is 17.9 Å². The van der Waals surface area contributed by atoms with Crippen molar-refractivity contribution in [3.63, 3.8) is 0 Å². The molecule has 6 nitrogen and oxygen atoms in total. The number of rotatable bonds is 6. The van der Waals surface area contributed by atoms with E-state index in [9.17, 15) is 13.2 Å². The molecule has 2 aromatic rings. The van der Waals surface area contributed by atoms with E-state index in [-0.39, 0.29) is 10.8 Å². The predicted octanol–water partition coefficient (Wildman–Crippen LogP) is 3.83. The van der Waals surface area contributed by atoms with Gasteiger partial charge in [-0.1, -0.05) is 30.7 Å². The number of hydrogen-bond donors (Lipinski definition) is 1. The minimum absolute atomic E-state index is 0.242. The highest BCUT2D eigenvalue weighted by atomic mass is 32.2. The minimum Gasteiger partial charge on any atom is -0.496 e. The predicted molar refractivity (Wildman–Crippen MR) is 114 cm³/mol. The number of anilines is 1. The first-order chi connectivity index (χ1) is 13.9. The van der Waals surface area contributed by atoms with Gasteiger partial charge in [0.25, 0.3) is 0 Å². The lowest BCUT2D eigenvalue weighted by Crippen LogP contribution is -2.36. The average Bonchev–Trinajstić information content (AvgIpc) is 2.74. The summed E-state index contributed by atoms with van der Waals surface area (Å²) >= 11 is 0. The van der Waals surface area contributed by atoms with Gasteiger partial charge in [-0.25, -0.2) is 8.42 Å². The number of nitrogens with one attached hydrogen (secondary N) is 1. The molecule has 1 aliphatic heterocycles. The monoisotopic (exact) mass is 414 g/mol. The van der Waals surface area contributed by atoms with Crippen molar-refractivity contribution in [3.8, 4) is 5.75 Å². The molecule has 0 aliphatic carbocycles. The largest absolute Gasteiger partial charge is 0.496 e. The van der Waals surface area contributed by atoms with Crippen molar-refractivity contribution in [2.45, 2.75) is 31.1 Å². The number of benzene rings is 2. The van der Waals surface area contributed by atoms with Crippen molar-refractivity contribution >= 4 is 27.7 Å². The second-order valence-electron chi connectivity index (χ2n) is 7.01. The molecule has 0 unspecified atom stereocenters. The van der Waals surface area contributed by atoms with Crippen LogP contribution in [0.25, 0.3) is 6.08 Å². The van der Waals surface area contributed by atoms with E-state index in [1.54, 1.807) is 32.2 Å². The molecule has 1 saturated heterocycles. The number of methoxy groups -OCH3 is 1. The van der Waals surface area contributed by atoms with Crippen LogP contribution in [0, 0.1) is 6.92 Å². The average molecular weight is 415 g/mol. The third kappa shape index (κ3) is 5.05. The summed E-state index contributed by atoms with van der Waals surface area (Å²) in [6.45, 7) is 2.85. The van der Waals surface area contributed by atoms with E-state index in [0.717, 1.165) is 24.8 Å². The molecule has 1 N–H and O–H groups in total. The van der Waals surface area contributed by atoms with Crippen LogP contribution in [0.5, 0.6) is 5.75 Å². The van der Waals surface area contributed by atoms with Gasteiger partial charge in [0.2, 0.25) is 15.9 Å². The zero-order valence-corrected chi connectivity index (χ0v) is 17.5. The highest BCUT2D eigenvalue weighted by Crippen LogP contribution is 2.26. The van der Waals surface area contributed by atoms with E-state index in [1.165, 1.54) is 16.4 Å². The van der Waals surface area contributed by atoms with Gasteiger partial charge >= 0.3 is 0 Å². The third-order valence-corrected chi connectivity index (χ3v) is 6.98. The fraction of sp³-hybridized carbons (Fsp3) is 0.318. The van der Waals surface area contributed by atoms with Crippen LogP contribution in [0.3, 0.4) is 0 Å². The van der Waals surface area contributed by atoms with E-state index in [1.807, 2.05) is 24.3 Å². The zero-order chi connectivity index (χ0) is 20.9. The van der Waals surface area contributed by atoms with Gasteiger partial charge in [0, 0.05) is 30.4 Å². The van der Waals surface area contributed by atoms with Crippen LogP contribution >= 0.6 is 0 Å². The smallest absolute Gasteiger partial charge is 0.248 e. The molecule has 1 fully saturated rings. The summed E-state index contributed by atoms with van der Waals surface area (Å²) in [5.74, 6) is 0.322. The van der Waals surface area contributed by atoms with Gasteiger partial charge in [0.05, 0.1) is 12.0 Å². The molecule has 29 heavy (non-hydrogen) atoms. The van der Waals surface area contributed by atoms with Crippen LogP contribution < -0.4 is 10.1 Å². The van der Waals surface area contributed by atoms with Crippen LogP contribution in [0.15, 0.2) is 53.4 Å². The number of hydrogen-bond acceptors (Lipinski definition) is 4. The highest BCUT2D eigenvalue weighted by Gasteiger charge is 2.27. The van der Waals surface area contributed by atoms with Gasteiger partial charge in [-0.3, -0.25) is 4.79 Å². The summed E-state index contributed by atoms with van der Waals surface area (Å²) in [6, 6.07) is 12.3. The van der Waals surface area contributed by atoms with Gasteiger partial charge in [-0.15, -0.1) is 0 Å². The number of amides is 1. The Kier molecular flexibility index (Phi) is 6.71. The van der Waals surface area contributed by atoms with Crippen LogP contribution in [-0.4, -0.2) is 38.8 Å². The van der Waals surface area contributed by atoms with Crippen molar-refractivity contribution in [3.05, 3.63) is 59.7 Å². The summed E-state index contributed by atoms with van der Waals surface area (Å²) < 4.78 is 32.8. The maximum atomic E-state index is 13.0. The molecule has 1 amide bonds. The minimum atomic E-state index is -3.57. The Labute approximate surface area is 172 Å². The van der Waals surface area contributed by atoms with Crippen LogP contribution in [0.2, 0.25) is 0 Å². The Hall–Kier alpha value is -2.64. The first-order valence-corrected chi connectivity index (χ1v) is 11.1. The number of sulfonamides is 1. The lowest BCUT2D eigenvalue weighted by molar-refractivity contribution is -0.111. The number of carbonyl (C=O) groups excluding carboxylic acids is 1. The molecule has 0 aromatic heterocycles. The quantitative estimate of drug-likeness (QED) is 0.729. The molecule has 2 aromatic carbocycles. The lowest BCUT2D eigenvalue weighted by Gasteiger charge is -2.26. The van der Waals surface area contributed by atoms with Crippen LogP contribution in [-0.2, 0) is 14.8 Å². The lowest BCUT2D eigenvalue weighted by atomic mass is 10.2. The second-order valence-corrected chi connectivity index (χ2v) is 8.92. The van der Waals surface area contributed by atoms with E-state index in [4.69, 9.17) is 4.74 Å². The van der Waals surface area contributed by atoms with Crippen molar-refractivity contribution in [1.29, 1.82) is 0 Å². The maximum absolute atomic E-state index is 13.0. The Morgan fingerprint density at radius 3 is 2.55 bits per heavy atom. The van der Waals surface area contributed by atoms with Crippen LogP contribution in [0.4, 0.5) is 5.69 Å².